The first kappa shape index (κ1) is 13.1. The Morgan fingerprint density at radius 2 is 2.15 bits per heavy atom. The van der Waals surface area contributed by atoms with Gasteiger partial charge >= 0.3 is 0 Å². The summed E-state index contributed by atoms with van der Waals surface area (Å²) in [6, 6.07) is 11.1. The average molecular weight is 288 g/mol. The molecular formula is C15H14ClN3O. The van der Waals surface area contributed by atoms with Gasteiger partial charge in [-0.25, -0.2) is 4.98 Å². The number of pyridine rings is 1. The monoisotopic (exact) mass is 287 g/mol. The summed E-state index contributed by atoms with van der Waals surface area (Å²) in [4.78, 5) is 16.4. The highest BCUT2D eigenvalue weighted by Gasteiger charge is 2.25. The van der Waals surface area contributed by atoms with Crippen LogP contribution >= 0.6 is 11.6 Å². The van der Waals surface area contributed by atoms with Crippen molar-refractivity contribution in [2.75, 3.05) is 11.9 Å². The van der Waals surface area contributed by atoms with E-state index in [2.05, 4.69) is 21.7 Å². The zero-order valence-corrected chi connectivity index (χ0v) is 11.5. The molecule has 0 saturated carbocycles. The summed E-state index contributed by atoms with van der Waals surface area (Å²) >= 11 is 5.78. The second kappa shape index (κ2) is 5.61. The van der Waals surface area contributed by atoms with Crippen molar-refractivity contribution in [3.8, 4) is 0 Å². The summed E-state index contributed by atoms with van der Waals surface area (Å²) in [6.07, 6.45) is 2.46. The highest BCUT2D eigenvalue weighted by atomic mass is 35.5. The predicted octanol–water partition coefficient (Wildman–Crippen LogP) is 2.56. The van der Waals surface area contributed by atoms with E-state index < -0.39 is 0 Å². The number of anilines is 1. The maximum atomic E-state index is 12.4. The maximum Gasteiger partial charge on any atom is 0.247 e. The number of hydrogen-bond donors (Lipinski definition) is 2. The van der Waals surface area contributed by atoms with Gasteiger partial charge in [-0.1, -0.05) is 35.9 Å². The molecule has 4 nitrogen and oxygen atoms in total. The highest BCUT2D eigenvalue weighted by Crippen LogP contribution is 2.23. The van der Waals surface area contributed by atoms with Gasteiger partial charge in [-0.3, -0.25) is 4.79 Å². The fraction of sp³-hybridized carbons (Fsp3) is 0.200. The van der Waals surface area contributed by atoms with Crippen LogP contribution in [0.4, 0.5) is 5.82 Å². The number of halogens is 1. The topological polar surface area (TPSA) is 54.0 Å². The second-order valence-electron chi connectivity index (χ2n) is 4.69. The Hall–Kier alpha value is -1.91. The van der Waals surface area contributed by atoms with Crippen LogP contribution in [0, 0.1) is 0 Å². The number of carbonyl (C=O) groups excluding carboxylic acids is 1. The molecule has 1 atom stereocenters. The van der Waals surface area contributed by atoms with Crippen LogP contribution < -0.4 is 10.6 Å². The normalized spacial score (nSPS) is 17.4. The highest BCUT2D eigenvalue weighted by molar-refractivity contribution is 6.30. The van der Waals surface area contributed by atoms with Gasteiger partial charge in [0.25, 0.3) is 0 Å². The number of rotatable bonds is 2. The number of fused-ring (bicyclic) bond motifs is 1. The Balaban J connectivity index is 1.80. The van der Waals surface area contributed by atoms with E-state index in [-0.39, 0.29) is 11.9 Å². The van der Waals surface area contributed by atoms with E-state index in [4.69, 9.17) is 11.6 Å². The van der Waals surface area contributed by atoms with Crippen molar-refractivity contribution in [2.24, 2.45) is 0 Å². The Bertz CT molecular complexity index is 627. The quantitative estimate of drug-likeness (QED) is 0.892. The molecule has 0 aliphatic carbocycles. The Labute approximate surface area is 122 Å². The van der Waals surface area contributed by atoms with Crippen molar-refractivity contribution < 1.29 is 4.79 Å². The average Bonchev–Trinajstić information content (AvgIpc) is 2.49. The van der Waals surface area contributed by atoms with Gasteiger partial charge in [0.05, 0.1) is 5.02 Å². The number of carbonyl (C=O) groups is 1. The van der Waals surface area contributed by atoms with Crippen LogP contribution in [-0.2, 0) is 11.2 Å². The molecule has 0 saturated heterocycles. The van der Waals surface area contributed by atoms with E-state index in [1.165, 1.54) is 11.8 Å². The number of benzene rings is 1. The lowest BCUT2D eigenvalue weighted by Crippen LogP contribution is -2.38. The number of nitrogens with one attached hydrogen (secondary N) is 2. The molecular weight excluding hydrogens is 274 g/mol. The summed E-state index contributed by atoms with van der Waals surface area (Å²) in [7, 11) is 0. The second-order valence-corrected chi connectivity index (χ2v) is 5.12. The van der Waals surface area contributed by atoms with Crippen LogP contribution in [0.25, 0.3) is 0 Å². The summed E-state index contributed by atoms with van der Waals surface area (Å²) in [6.45, 7) is 0.795. The third-order valence-corrected chi connectivity index (χ3v) is 3.57. The van der Waals surface area contributed by atoms with Crippen LogP contribution in [0.15, 0.2) is 42.6 Å². The Morgan fingerprint density at radius 3 is 2.95 bits per heavy atom. The molecule has 2 aromatic rings. The Morgan fingerprint density at radius 1 is 1.30 bits per heavy atom. The third kappa shape index (κ3) is 2.66. The minimum atomic E-state index is -0.336. The van der Waals surface area contributed by atoms with Crippen molar-refractivity contribution in [3.63, 3.8) is 0 Å². The molecule has 0 bridgehead atoms. The molecule has 1 aromatic carbocycles. The number of amides is 1. The molecule has 1 amide bonds. The van der Waals surface area contributed by atoms with Gasteiger partial charge in [-0.05, 0) is 29.7 Å². The first-order valence-corrected chi connectivity index (χ1v) is 6.85. The molecule has 1 aliphatic heterocycles. The summed E-state index contributed by atoms with van der Waals surface area (Å²) in [5.74, 6) is 0.399. The van der Waals surface area contributed by atoms with E-state index in [0.717, 1.165) is 18.5 Å². The smallest absolute Gasteiger partial charge is 0.247 e. The van der Waals surface area contributed by atoms with Gasteiger partial charge in [-0.2, -0.15) is 0 Å². The van der Waals surface area contributed by atoms with Gasteiger partial charge in [0.2, 0.25) is 5.91 Å². The van der Waals surface area contributed by atoms with Crippen LogP contribution in [0.1, 0.15) is 17.2 Å². The minimum Gasteiger partial charge on any atom is -0.309 e. The molecule has 1 aliphatic rings. The fourth-order valence-electron chi connectivity index (χ4n) is 2.39. The molecule has 102 valence electrons. The number of nitrogens with zero attached hydrogens (tertiary/aromatic N) is 1. The summed E-state index contributed by atoms with van der Waals surface area (Å²) in [5, 5.41) is 6.59. The predicted molar refractivity (Wildman–Crippen MR) is 78.8 cm³/mol. The zero-order valence-electron chi connectivity index (χ0n) is 10.8. The van der Waals surface area contributed by atoms with Crippen molar-refractivity contribution >= 4 is 23.3 Å². The largest absolute Gasteiger partial charge is 0.309 e. The van der Waals surface area contributed by atoms with E-state index in [0.29, 0.717) is 10.8 Å². The van der Waals surface area contributed by atoms with Gasteiger partial charge in [0.15, 0.2) is 0 Å². The lowest BCUT2D eigenvalue weighted by molar-refractivity contribution is -0.118. The van der Waals surface area contributed by atoms with Crippen LogP contribution in [0.5, 0.6) is 0 Å². The van der Waals surface area contributed by atoms with Gasteiger partial charge in [0, 0.05) is 12.7 Å². The molecule has 0 spiro atoms. The van der Waals surface area contributed by atoms with E-state index in [9.17, 15) is 4.79 Å². The Kier molecular flexibility index (Phi) is 3.67. The molecule has 2 N–H and O–H groups in total. The van der Waals surface area contributed by atoms with E-state index in [1.807, 2.05) is 18.2 Å². The summed E-state index contributed by atoms with van der Waals surface area (Å²) < 4.78 is 0. The standard InChI is InChI=1S/C15H14ClN3O/c16-11-5-6-13(18-9-11)19-15(20)14-12-4-2-1-3-10(12)7-8-17-14/h1-6,9,14,17H,7-8H2,(H,18,19,20). The van der Waals surface area contributed by atoms with E-state index >= 15 is 0 Å². The van der Waals surface area contributed by atoms with E-state index in [1.54, 1.807) is 12.1 Å². The van der Waals surface area contributed by atoms with Gasteiger partial charge in [0.1, 0.15) is 11.9 Å². The molecule has 0 radical (unpaired) electrons. The van der Waals surface area contributed by atoms with Crippen LogP contribution in [0.3, 0.4) is 0 Å². The minimum absolute atomic E-state index is 0.105. The van der Waals surface area contributed by atoms with Crippen molar-refractivity contribution in [3.05, 3.63) is 58.7 Å². The first-order chi connectivity index (χ1) is 9.74. The van der Waals surface area contributed by atoms with Crippen LogP contribution in [-0.4, -0.2) is 17.4 Å². The lowest BCUT2D eigenvalue weighted by atomic mass is 9.94. The molecule has 0 fully saturated rings. The SMILES string of the molecule is O=C(Nc1ccc(Cl)cn1)C1NCCc2ccccc21. The van der Waals surface area contributed by atoms with Gasteiger partial charge in [-0.15, -0.1) is 0 Å². The molecule has 1 unspecified atom stereocenters. The number of hydrogen-bond acceptors (Lipinski definition) is 3. The van der Waals surface area contributed by atoms with Gasteiger partial charge < -0.3 is 10.6 Å². The third-order valence-electron chi connectivity index (χ3n) is 3.35. The molecule has 5 heteroatoms. The lowest BCUT2D eigenvalue weighted by Gasteiger charge is -2.25. The molecule has 2 heterocycles. The van der Waals surface area contributed by atoms with Crippen LogP contribution in [0.2, 0.25) is 5.02 Å². The molecule has 20 heavy (non-hydrogen) atoms. The molecule has 1 aromatic heterocycles. The van der Waals surface area contributed by atoms with Crippen molar-refractivity contribution in [2.45, 2.75) is 12.5 Å². The fourth-order valence-corrected chi connectivity index (χ4v) is 2.50. The number of aromatic nitrogens is 1. The summed E-state index contributed by atoms with van der Waals surface area (Å²) in [5.41, 5.74) is 2.25. The zero-order chi connectivity index (χ0) is 13.9. The van der Waals surface area contributed by atoms with Crippen molar-refractivity contribution in [1.82, 2.24) is 10.3 Å². The maximum absolute atomic E-state index is 12.4. The first-order valence-electron chi connectivity index (χ1n) is 6.47. The molecule has 3 rings (SSSR count). The van der Waals surface area contributed by atoms with Crippen molar-refractivity contribution in [1.29, 1.82) is 0 Å².